The van der Waals surface area contributed by atoms with Crippen molar-refractivity contribution < 1.29 is 14.8 Å². The van der Waals surface area contributed by atoms with Crippen LogP contribution in [0.25, 0.3) is 0 Å². The molecule has 0 atom stereocenters. The number of carboxylic acid groups (broad SMARTS) is 1. The largest absolute Gasteiger partial charge is 0.478 e. The molecule has 0 heterocycles. The van der Waals surface area contributed by atoms with E-state index in [1.54, 1.807) is 37.3 Å². The van der Waals surface area contributed by atoms with Gasteiger partial charge in [0.25, 0.3) is 5.69 Å². The minimum absolute atomic E-state index is 0.0113. The number of carbonyl (C=O) groups is 1. The predicted octanol–water partition coefficient (Wildman–Crippen LogP) is 3.35. The van der Waals surface area contributed by atoms with E-state index >= 15 is 0 Å². The van der Waals surface area contributed by atoms with E-state index in [2.05, 4.69) is 5.32 Å². The maximum absolute atomic E-state index is 11.1. The number of rotatable bonds is 4. The zero-order valence-electron chi connectivity index (χ0n) is 10.7. The topological polar surface area (TPSA) is 92.5 Å². The zero-order valence-corrected chi connectivity index (χ0v) is 10.7. The summed E-state index contributed by atoms with van der Waals surface area (Å²) in [5, 5.41) is 22.9. The highest BCUT2D eigenvalue weighted by Crippen LogP contribution is 2.29. The van der Waals surface area contributed by atoms with Crippen molar-refractivity contribution in [2.45, 2.75) is 6.92 Å². The van der Waals surface area contributed by atoms with Crippen LogP contribution >= 0.6 is 0 Å². The summed E-state index contributed by atoms with van der Waals surface area (Å²) in [4.78, 5) is 21.5. The van der Waals surface area contributed by atoms with Gasteiger partial charge in [-0.2, -0.15) is 0 Å². The van der Waals surface area contributed by atoms with E-state index in [0.29, 0.717) is 16.9 Å². The average Bonchev–Trinajstić information content (AvgIpc) is 2.41. The SMILES string of the molecule is Cc1c(Nc2ccccc2C(=O)O)cccc1[N+](=O)[O-]. The molecule has 102 valence electrons. The quantitative estimate of drug-likeness (QED) is 0.657. The molecule has 0 radical (unpaired) electrons. The molecule has 2 rings (SSSR count). The van der Waals surface area contributed by atoms with E-state index in [-0.39, 0.29) is 11.3 Å². The molecule has 6 heteroatoms. The molecule has 0 amide bonds. The zero-order chi connectivity index (χ0) is 14.7. The summed E-state index contributed by atoms with van der Waals surface area (Å²) in [5.74, 6) is -1.06. The lowest BCUT2D eigenvalue weighted by Gasteiger charge is -2.11. The first kappa shape index (κ1) is 13.5. The van der Waals surface area contributed by atoms with Crippen molar-refractivity contribution in [2.24, 2.45) is 0 Å². The molecule has 0 unspecified atom stereocenters. The molecule has 2 N–H and O–H groups in total. The van der Waals surface area contributed by atoms with E-state index in [9.17, 15) is 14.9 Å². The van der Waals surface area contributed by atoms with E-state index in [4.69, 9.17) is 5.11 Å². The van der Waals surface area contributed by atoms with Crippen LogP contribution < -0.4 is 5.32 Å². The van der Waals surface area contributed by atoms with E-state index in [1.807, 2.05) is 0 Å². The van der Waals surface area contributed by atoms with Crippen molar-refractivity contribution in [1.82, 2.24) is 0 Å². The van der Waals surface area contributed by atoms with Crippen molar-refractivity contribution in [2.75, 3.05) is 5.32 Å². The molecule has 0 aliphatic carbocycles. The number of carboxylic acids is 1. The van der Waals surface area contributed by atoms with Crippen LogP contribution in [0.5, 0.6) is 0 Å². The van der Waals surface area contributed by atoms with Crippen LogP contribution in [0.4, 0.5) is 17.1 Å². The number of anilines is 2. The lowest BCUT2D eigenvalue weighted by atomic mass is 10.1. The van der Waals surface area contributed by atoms with Crippen LogP contribution in [-0.4, -0.2) is 16.0 Å². The minimum atomic E-state index is -1.06. The van der Waals surface area contributed by atoms with Gasteiger partial charge >= 0.3 is 5.97 Å². The number of nitrogens with zero attached hydrogens (tertiary/aromatic N) is 1. The average molecular weight is 272 g/mol. The molecule has 20 heavy (non-hydrogen) atoms. The normalized spacial score (nSPS) is 10.1. The Morgan fingerprint density at radius 1 is 1.15 bits per heavy atom. The van der Waals surface area contributed by atoms with Gasteiger partial charge in [-0.1, -0.05) is 18.2 Å². The molecular weight excluding hydrogens is 260 g/mol. The summed E-state index contributed by atoms with van der Waals surface area (Å²) >= 11 is 0. The highest BCUT2D eigenvalue weighted by atomic mass is 16.6. The van der Waals surface area contributed by atoms with E-state index in [1.165, 1.54) is 12.1 Å². The Bertz CT molecular complexity index is 683. The number of hydrogen-bond donors (Lipinski definition) is 2. The van der Waals surface area contributed by atoms with Gasteiger partial charge in [0.2, 0.25) is 0 Å². The molecule has 2 aromatic rings. The Hall–Kier alpha value is -2.89. The maximum Gasteiger partial charge on any atom is 0.337 e. The fourth-order valence-corrected chi connectivity index (χ4v) is 1.88. The summed E-state index contributed by atoms with van der Waals surface area (Å²) in [6.45, 7) is 1.61. The van der Waals surface area contributed by atoms with Gasteiger partial charge < -0.3 is 10.4 Å². The molecule has 6 nitrogen and oxygen atoms in total. The number of nitro benzene ring substituents is 1. The standard InChI is InChI=1S/C14H12N2O4/c1-9-11(7-4-8-13(9)16(19)20)15-12-6-3-2-5-10(12)14(17)18/h2-8,15H,1H3,(H,17,18). The fourth-order valence-electron chi connectivity index (χ4n) is 1.88. The third kappa shape index (κ3) is 2.59. The summed E-state index contributed by atoms with van der Waals surface area (Å²) < 4.78 is 0. The van der Waals surface area contributed by atoms with Crippen molar-refractivity contribution >= 4 is 23.0 Å². The van der Waals surface area contributed by atoms with Gasteiger partial charge in [-0.05, 0) is 25.1 Å². The first-order chi connectivity index (χ1) is 9.50. The molecule has 0 aliphatic rings. The molecule has 0 saturated heterocycles. The van der Waals surface area contributed by atoms with Gasteiger partial charge in [0.1, 0.15) is 0 Å². The third-order valence-corrected chi connectivity index (χ3v) is 2.93. The van der Waals surface area contributed by atoms with E-state index < -0.39 is 10.9 Å². The van der Waals surface area contributed by atoms with Gasteiger partial charge in [-0.15, -0.1) is 0 Å². The van der Waals surface area contributed by atoms with E-state index in [0.717, 1.165) is 0 Å². The van der Waals surface area contributed by atoms with Crippen molar-refractivity contribution in [3.05, 3.63) is 63.7 Å². The molecule has 0 bridgehead atoms. The van der Waals surface area contributed by atoms with Gasteiger partial charge in [0.15, 0.2) is 0 Å². The highest BCUT2D eigenvalue weighted by Gasteiger charge is 2.15. The van der Waals surface area contributed by atoms with Crippen LogP contribution in [0, 0.1) is 17.0 Å². The van der Waals surface area contributed by atoms with Crippen LogP contribution in [0.15, 0.2) is 42.5 Å². The number of benzene rings is 2. The first-order valence-electron chi connectivity index (χ1n) is 5.84. The van der Waals surface area contributed by atoms with Crippen LogP contribution in [0.2, 0.25) is 0 Å². The Kier molecular flexibility index (Phi) is 3.65. The van der Waals surface area contributed by atoms with Gasteiger partial charge in [-0.3, -0.25) is 10.1 Å². The number of nitrogens with one attached hydrogen (secondary N) is 1. The molecule has 2 aromatic carbocycles. The first-order valence-corrected chi connectivity index (χ1v) is 5.84. The maximum atomic E-state index is 11.1. The summed E-state index contributed by atoms with van der Waals surface area (Å²) in [6.07, 6.45) is 0. The summed E-state index contributed by atoms with van der Waals surface area (Å²) in [7, 11) is 0. The second-order valence-corrected chi connectivity index (χ2v) is 4.18. The predicted molar refractivity (Wildman–Crippen MR) is 74.5 cm³/mol. The molecule has 0 saturated carbocycles. The number of aromatic carboxylic acids is 1. The second kappa shape index (κ2) is 5.40. The Morgan fingerprint density at radius 2 is 1.80 bits per heavy atom. The minimum Gasteiger partial charge on any atom is -0.478 e. The summed E-state index contributed by atoms with van der Waals surface area (Å²) in [5.41, 5.74) is 1.45. The Balaban J connectivity index is 2.43. The monoisotopic (exact) mass is 272 g/mol. The van der Waals surface area contributed by atoms with Gasteiger partial charge in [0, 0.05) is 11.8 Å². The van der Waals surface area contributed by atoms with Crippen molar-refractivity contribution in [3.8, 4) is 0 Å². The molecule has 0 fully saturated rings. The second-order valence-electron chi connectivity index (χ2n) is 4.18. The molecule has 0 aliphatic heterocycles. The summed E-state index contributed by atoms with van der Waals surface area (Å²) in [6, 6.07) is 11.0. The molecular formula is C14H12N2O4. The Morgan fingerprint density at radius 3 is 2.45 bits per heavy atom. The van der Waals surface area contributed by atoms with Crippen LogP contribution in [-0.2, 0) is 0 Å². The Labute approximate surface area is 114 Å². The van der Waals surface area contributed by atoms with Gasteiger partial charge in [-0.25, -0.2) is 4.79 Å². The third-order valence-electron chi connectivity index (χ3n) is 2.93. The number of nitro groups is 1. The van der Waals surface area contributed by atoms with Gasteiger partial charge in [0.05, 0.1) is 21.7 Å². The number of para-hydroxylation sites is 1. The van der Waals surface area contributed by atoms with Crippen molar-refractivity contribution in [3.63, 3.8) is 0 Å². The van der Waals surface area contributed by atoms with Crippen LogP contribution in [0.3, 0.4) is 0 Å². The highest BCUT2D eigenvalue weighted by molar-refractivity contribution is 5.95. The molecule has 0 aromatic heterocycles. The lowest BCUT2D eigenvalue weighted by molar-refractivity contribution is -0.385. The fraction of sp³-hybridized carbons (Fsp3) is 0.0714. The lowest BCUT2D eigenvalue weighted by Crippen LogP contribution is -2.04. The smallest absolute Gasteiger partial charge is 0.337 e. The molecule has 0 spiro atoms. The number of hydrogen-bond acceptors (Lipinski definition) is 4. The van der Waals surface area contributed by atoms with Crippen LogP contribution in [0.1, 0.15) is 15.9 Å². The van der Waals surface area contributed by atoms with Crippen molar-refractivity contribution in [1.29, 1.82) is 0 Å².